The Hall–Kier alpha value is -1.88. The standard InChI is InChI=1S/C13H16N2O3/c1-13(2)8-5-7(6-9(14)11(16)17)3-4-10(8)15-12(13)18/h3-5,9H,6,14H2,1-2H3,(H,15,18)(H,16,17). The quantitative estimate of drug-likeness (QED) is 0.740. The zero-order chi connectivity index (χ0) is 13.5. The Bertz CT molecular complexity index is 523. The predicted octanol–water partition coefficient (Wildman–Crippen LogP) is 0.871. The summed E-state index contributed by atoms with van der Waals surface area (Å²) < 4.78 is 0. The van der Waals surface area contributed by atoms with Crippen LogP contribution < -0.4 is 11.1 Å². The number of rotatable bonds is 3. The highest BCUT2D eigenvalue weighted by atomic mass is 16.4. The van der Waals surface area contributed by atoms with Gasteiger partial charge in [-0.3, -0.25) is 9.59 Å². The van der Waals surface area contributed by atoms with Crippen LogP contribution in [0, 0.1) is 0 Å². The lowest BCUT2D eigenvalue weighted by Crippen LogP contribution is -2.32. The summed E-state index contributed by atoms with van der Waals surface area (Å²) in [4.78, 5) is 22.5. The fourth-order valence-electron chi connectivity index (χ4n) is 2.09. The van der Waals surface area contributed by atoms with Crippen molar-refractivity contribution in [2.24, 2.45) is 5.73 Å². The van der Waals surface area contributed by atoms with Crippen molar-refractivity contribution in [3.63, 3.8) is 0 Å². The average Bonchev–Trinajstić information content (AvgIpc) is 2.51. The topological polar surface area (TPSA) is 92.4 Å². The smallest absolute Gasteiger partial charge is 0.320 e. The van der Waals surface area contributed by atoms with Crippen LogP contribution in [-0.2, 0) is 21.4 Å². The Morgan fingerprint density at radius 3 is 2.78 bits per heavy atom. The van der Waals surface area contributed by atoms with Crippen molar-refractivity contribution < 1.29 is 14.7 Å². The van der Waals surface area contributed by atoms with Crippen LogP contribution in [0.25, 0.3) is 0 Å². The molecule has 1 aliphatic heterocycles. The van der Waals surface area contributed by atoms with Crippen molar-refractivity contribution in [3.05, 3.63) is 29.3 Å². The van der Waals surface area contributed by atoms with Crippen molar-refractivity contribution in [3.8, 4) is 0 Å². The van der Waals surface area contributed by atoms with Gasteiger partial charge in [0.25, 0.3) is 0 Å². The third-order valence-corrected chi connectivity index (χ3v) is 3.35. The number of amides is 1. The molecule has 1 atom stereocenters. The van der Waals surface area contributed by atoms with Crippen LogP contribution in [0.15, 0.2) is 18.2 Å². The van der Waals surface area contributed by atoms with E-state index in [4.69, 9.17) is 10.8 Å². The van der Waals surface area contributed by atoms with Gasteiger partial charge in [0.2, 0.25) is 5.91 Å². The summed E-state index contributed by atoms with van der Waals surface area (Å²) in [6.07, 6.45) is 0.257. The second kappa shape index (κ2) is 4.10. The fourth-order valence-corrected chi connectivity index (χ4v) is 2.09. The summed E-state index contributed by atoms with van der Waals surface area (Å²) in [6, 6.07) is 4.53. The molecule has 0 radical (unpaired) electrons. The number of carbonyl (C=O) groups is 2. The van der Waals surface area contributed by atoms with Gasteiger partial charge in [0.15, 0.2) is 0 Å². The maximum absolute atomic E-state index is 11.8. The average molecular weight is 248 g/mol. The van der Waals surface area contributed by atoms with Crippen molar-refractivity contribution in [1.82, 2.24) is 0 Å². The van der Waals surface area contributed by atoms with Gasteiger partial charge < -0.3 is 16.2 Å². The minimum atomic E-state index is -1.02. The van der Waals surface area contributed by atoms with Crippen molar-refractivity contribution in [2.75, 3.05) is 5.32 Å². The molecule has 1 heterocycles. The predicted molar refractivity (Wildman–Crippen MR) is 67.4 cm³/mol. The fraction of sp³-hybridized carbons (Fsp3) is 0.385. The van der Waals surface area contributed by atoms with Gasteiger partial charge >= 0.3 is 5.97 Å². The number of carbonyl (C=O) groups excluding carboxylic acids is 1. The highest BCUT2D eigenvalue weighted by Crippen LogP contribution is 2.37. The number of carboxylic acid groups (broad SMARTS) is 1. The van der Waals surface area contributed by atoms with E-state index < -0.39 is 17.4 Å². The lowest BCUT2D eigenvalue weighted by atomic mass is 9.85. The minimum Gasteiger partial charge on any atom is -0.480 e. The molecule has 2 rings (SSSR count). The molecule has 4 N–H and O–H groups in total. The number of carboxylic acids is 1. The molecule has 1 unspecified atom stereocenters. The van der Waals surface area contributed by atoms with Crippen LogP contribution in [0.1, 0.15) is 25.0 Å². The van der Waals surface area contributed by atoms with E-state index in [2.05, 4.69) is 5.32 Å². The molecule has 0 aromatic heterocycles. The molecule has 0 fully saturated rings. The second-order valence-electron chi connectivity index (χ2n) is 5.11. The van der Waals surface area contributed by atoms with Crippen LogP contribution >= 0.6 is 0 Å². The molecule has 5 nitrogen and oxygen atoms in total. The first kappa shape index (κ1) is 12.6. The van der Waals surface area contributed by atoms with Gasteiger partial charge in [0.05, 0.1) is 5.41 Å². The molecule has 5 heteroatoms. The van der Waals surface area contributed by atoms with E-state index in [1.807, 2.05) is 19.9 Å². The van der Waals surface area contributed by atoms with Gasteiger partial charge in [-0.25, -0.2) is 0 Å². The molecule has 1 aromatic rings. The Morgan fingerprint density at radius 1 is 1.50 bits per heavy atom. The molecule has 1 amide bonds. The van der Waals surface area contributed by atoms with E-state index in [9.17, 15) is 9.59 Å². The lowest BCUT2D eigenvalue weighted by Gasteiger charge is -2.16. The van der Waals surface area contributed by atoms with Gasteiger partial charge in [0.1, 0.15) is 6.04 Å². The minimum absolute atomic E-state index is 0.0443. The van der Waals surface area contributed by atoms with E-state index in [0.717, 1.165) is 16.8 Å². The van der Waals surface area contributed by atoms with Crippen LogP contribution in [0.3, 0.4) is 0 Å². The summed E-state index contributed by atoms with van der Waals surface area (Å²) in [6.45, 7) is 3.68. The Balaban J connectivity index is 2.32. The summed E-state index contributed by atoms with van der Waals surface area (Å²) in [5.74, 6) is -1.07. The molecule has 1 aliphatic rings. The molecule has 18 heavy (non-hydrogen) atoms. The SMILES string of the molecule is CC1(C)C(=O)Nc2ccc(CC(N)C(=O)O)cc21. The van der Waals surface area contributed by atoms with Crippen LogP contribution in [-0.4, -0.2) is 23.0 Å². The van der Waals surface area contributed by atoms with Crippen molar-refractivity contribution in [1.29, 1.82) is 0 Å². The lowest BCUT2D eigenvalue weighted by molar-refractivity contribution is -0.138. The number of fused-ring (bicyclic) bond motifs is 1. The number of hydrogen-bond donors (Lipinski definition) is 3. The Kier molecular flexibility index (Phi) is 2.86. The maximum atomic E-state index is 11.8. The van der Waals surface area contributed by atoms with Crippen LogP contribution in [0.2, 0.25) is 0 Å². The molecule has 0 bridgehead atoms. The highest BCUT2D eigenvalue weighted by Gasteiger charge is 2.38. The Morgan fingerprint density at radius 2 is 2.17 bits per heavy atom. The molecule has 0 aliphatic carbocycles. The number of anilines is 1. The zero-order valence-electron chi connectivity index (χ0n) is 10.4. The first-order valence-corrected chi connectivity index (χ1v) is 5.75. The summed E-state index contributed by atoms with van der Waals surface area (Å²) in [7, 11) is 0. The van der Waals surface area contributed by atoms with E-state index >= 15 is 0 Å². The monoisotopic (exact) mass is 248 g/mol. The third-order valence-electron chi connectivity index (χ3n) is 3.35. The number of aliphatic carboxylic acids is 1. The number of benzene rings is 1. The van der Waals surface area contributed by atoms with Gasteiger partial charge in [-0.15, -0.1) is 0 Å². The summed E-state index contributed by atoms with van der Waals surface area (Å²) >= 11 is 0. The van der Waals surface area contributed by atoms with Gasteiger partial charge in [-0.1, -0.05) is 12.1 Å². The zero-order valence-corrected chi connectivity index (χ0v) is 10.4. The number of nitrogens with two attached hydrogens (primary N) is 1. The first-order chi connectivity index (χ1) is 8.32. The molecule has 96 valence electrons. The van der Waals surface area contributed by atoms with Gasteiger partial charge in [0, 0.05) is 5.69 Å². The van der Waals surface area contributed by atoms with E-state index in [0.29, 0.717) is 0 Å². The normalized spacial score (nSPS) is 18.1. The van der Waals surface area contributed by atoms with Crippen LogP contribution in [0.5, 0.6) is 0 Å². The highest BCUT2D eigenvalue weighted by molar-refractivity contribution is 6.05. The van der Waals surface area contributed by atoms with Gasteiger partial charge in [-0.05, 0) is 37.5 Å². The molecular weight excluding hydrogens is 232 g/mol. The number of nitrogens with one attached hydrogen (secondary N) is 1. The summed E-state index contributed by atoms with van der Waals surface area (Å²) in [5.41, 5.74) is 7.43. The van der Waals surface area contributed by atoms with Crippen LogP contribution in [0.4, 0.5) is 5.69 Å². The van der Waals surface area contributed by atoms with Gasteiger partial charge in [-0.2, -0.15) is 0 Å². The Labute approximate surface area is 105 Å². The van der Waals surface area contributed by atoms with E-state index in [-0.39, 0.29) is 12.3 Å². The second-order valence-corrected chi connectivity index (χ2v) is 5.11. The molecule has 0 spiro atoms. The van der Waals surface area contributed by atoms with Crippen molar-refractivity contribution in [2.45, 2.75) is 31.7 Å². The first-order valence-electron chi connectivity index (χ1n) is 5.75. The largest absolute Gasteiger partial charge is 0.480 e. The summed E-state index contributed by atoms with van der Waals surface area (Å²) in [5, 5.41) is 11.6. The van der Waals surface area contributed by atoms with E-state index in [1.165, 1.54) is 0 Å². The molecule has 1 aromatic carbocycles. The molecular formula is C13H16N2O3. The number of hydrogen-bond acceptors (Lipinski definition) is 3. The van der Waals surface area contributed by atoms with E-state index in [1.54, 1.807) is 12.1 Å². The molecule has 0 saturated carbocycles. The third kappa shape index (κ3) is 1.97. The maximum Gasteiger partial charge on any atom is 0.320 e. The van der Waals surface area contributed by atoms with Crippen molar-refractivity contribution >= 4 is 17.6 Å². The molecule has 0 saturated heterocycles.